The molecule has 100 valence electrons. The third-order valence-electron chi connectivity index (χ3n) is 3.01. The molecule has 0 heterocycles. The van der Waals surface area contributed by atoms with E-state index in [1.165, 1.54) is 6.07 Å². The van der Waals surface area contributed by atoms with E-state index in [1.54, 1.807) is 37.4 Å². The lowest BCUT2D eigenvalue weighted by Crippen LogP contribution is -2.04. The molecule has 1 N–H and O–H groups in total. The van der Waals surface area contributed by atoms with Crippen molar-refractivity contribution >= 4 is 15.9 Å². The van der Waals surface area contributed by atoms with Crippen LogP contribution in [-0.2, 0) is 0 Å². The maximum Gasteiger partial charge on any atom is 0.130 e. The molecule has 0 aliphatic carbocycles. The monoisotopic (exact) mass is 324 g/mol. The van der Waals surface area contributed by atoms with Gasteiger partial charge in [0.1, 0.15) is 17.7 Å². The summed E-state index contributed by atoms with van der Waals surface area (Å²) in [5.41, 5.74) is 1.77. The average molecular weight is 325 g/mol. The topological polar surface area (TPSA) is 29.5 Å². The molecule has 0 saturated heterocycles. The molecular weight excluding hydrogens is 311 g/mol. The Morgan fingerprint density at radius 1 is 1.26 bits per heavy atom. The molecule has 2 rings (SSSR count). The highest BCUT2D eigenvalue weighted by atomic mass is 79.9. The summed E-state index contributed by atoms with van der Waals surface area (Å²) in [6.45, 7) is 1.88. The second-order valence-electron chi connectivity index (χ2n) is 4.27. The second-order valence-corrected chi connectivity index (χ2v) is 5.12. The van der Waals surface area contributed by atoms with Crippen molar-refractivity contribution in [2.75, 3.05) is 7.11 Å². The van der Waals surface area contributed by atoms with Crippen molar-refractivity contribution in [3.63, 3.8) is 0 Å². The van der Waals surface area contributed by atoms with Crippen LogP contribution in [0.15, 0.2) is 40.9 Å². The van der Waals surface area contributed by atoms with E-state index >= 15 is 0 Å². The van der Waals surface area contributed by atoms with Crippen molar-refractivity contribution < 1.29 is 14.2 Å². The van der Waals surface area contributed by atoms with Gasteiger partial charge in [-0.3, -0.25) is 0 Å². The number of ether oxygens (including phenoxy) is 1. The molecule has 1 atom stereocenters. The summed E-state index contributed by atoms with van der Waals surface area (Å²) < 4.78 is 19.5. The number of rotatable bonds is 3. The molecule has 0 aliphatic heterocycles. The van der Waals surface area contributed by atoms with Crippen molar-refractivity contribution in [3.8, 4) is 5.75 Å². The van der Waals surface area contributed by atoms with Crippen molar-refractivity contribution in [1.29, 1.82) is 0 Å². The molecule has 0 aromatic heterocycles. The SMILES string of the molecule is COc1ccc(C(O)c2c(F)cccc2Br)cc1C. The summed E-state index contributed by atoms with van der Waals surface area (Å²) in [6.07, 6.45) is -1.01. The largest absolute Gasteiger partial charge is 0.496 e. The minimum atomic E-state index is -1.01. The standard InChI is InChI=1S/C15H14BrFO2/c1-9-8-10(6-7-13(9)19-2)15(18)14-11(16)4-3-5-12(14)17/h3-8,15,18H,1-2H3. The van der Waals surface area contributed by atoms with Gasteiger partial charge in [0, 0.05) is 10.0 Å². The van der Waals surface area contributed by atoms with Crippen LogP contribution < -0.4 is 4.74 Å². The fourth-order valence-electron chi connectivity index (χ4n) is 2.01. The first kappa shape index (κ1) is 14.0. The summed E-state index contributed by atoms with van der Waals surface area (Å²) in [6, 6.07) is 9.92. The first-order valence-corrected chi connectivity index (χ1v) is 6.60. The molecule has 0 spiro atoms. The van der Waals surface area contributed by atoms with Crippen LogP contribution in [0.4, 0.5) is 4.39 Å². The summed E-state index contributed by atoms with van der Waals surface area (Å²) in [7, 11) is 1.59. The highest BCUT2D eigenvalue weighted by molar-refractivity contribution is 9.10. The zero-order chi connectivity index (χ0) is 14.0. The molecule has 0 bridgehead atoms. The van der Waals surface area contributed by atoms with Crippen molar-refractivity contribution in [3.05, 3.63) is 63.4 Å². The maximum atomic E-state index is 13.8. The minimum Gasteiger partial charge on any atom is -0.496 e. The number of methoxy groups -OCH3 is 1. The predicted octanol–water partition coefficient (Wildman–Crippen LogP) is 3.99. The zero-order valence-corrected chi connectivity index (χ0v) is 12.2. The smallest absolute Gasteiger partial charge is 0.130 e. The number of aliphatic hydroxyl groups is 1. The first-order chi connectivity index (χ1) is 9.04. The number of aryl methyl sites for hydroxylation is 1. The third kappa shape index (κ3) is 2.80. The van der Waals surface area contributed by atoms with Gasteiger partial charge in [0.25, 0.3) is 0 Å². The molecule has 0 amide bonds. The van der Waals surface area contributed by atoms with Gasteiger partial charge in [-0.25, -0.2) is 4.39 Å². The molecule has 0 radical (unpaired) electrons. The Labute approximate surface area is 120 Å². The highest BCUT2D eigenvalue weighted by Crippen LogP contribution is 2.32. The van der Waals surface area contributed by atoms with Gasteiger partial charge in [0.15, 0.2) is 0 Å². The summed E-state index contributed by atoms with van der Waals surface area (Å²) in [5.74, 6) is 0.305. The van der Waals surface area contributed by atoms with E-state index < -0.39 is 11.9 Å². The minimum absolute atomic E-state index is 0.243. The van der Waals surface area contributed by atoms with Crippen LogP contribution in [0, 0.1) is 12.7 Å². The lowest BCUT2D eigenvalue weighted by Gasteiger charge is -2.15. The Bertz CT molecular complexity index is 578. The molecule has 19 heavy (non-hydrogen) atoms. The molecule has 2 aromatic carbocycles. The molecule has 2 aromatic rings. The van der Waals surface area contributed by atoms with Gasteiger partial charge in [-0.05, 0) is 42.3 Å². The Kier molecular flexibility index (Phi) is 4.22. The highest BCUT2D eigenvalue weighted by Gasteiger charge is 2.18. The molecule has 1 unspecified atom stereocenters. The van der Waals surface area contributed by atoms with E-state index in [0.29, 0.717) is 10.0 Å². The van der Waals surface area contributed by atoms with E-state index in [-0.39, 0.29) is 5.56 Å². The Balaban J connectivity index is 2.44. The summed E-state index contributed by atoms with van der Waals surface area (Å²) >= 11 is 3.27. The van der Waals surface area contributed by atoms with Gasteiger partial charge in [-0.1, -0.05) is 28.1 Å². The van der Waals surface area contributed by atoms with Crippen molar-refractivity contribution in [2.24, 2.45) is 0 Å². The Hall–Kier alpha value is -1.39. The first-order valence-electron chi connectivity index (χ1n) is 5.81. The van der Waals surface area contributed by atoms with Gasteiger partial charge in [0.2, 0.25) is 0 Å². The molecule has 0 aliphatic rings. The van der Waals surface area contributed by atoms with Gasteiger partial charge in [-0.2, -0.15) is 0 Å². The number of halogens is 2. The van der Waals surface area contributed by atoms with E-state index in [4.69, 9.17) is 4.74 Å². The lowest BCUT2D eigenvalue weighted by molar-refractivity contribution is 0.214. The van der Waals surface area contributed by atoms with E-state index in [1.807, 2.05) is 6.92 Å². The van der Waals surface area contributed by atoms with E-state index in [0.717, 1.165) is 11.3 Å². The van der Waals surface area contributed by atoms with Crippen LogP contribution >= 0.6 is 15.9 Å². The van der Waals surface area contributed by atoms with E-state index in [9.17, 15) is 9.50 Å². The average Bonchev–Trinajstić information content (AvgIpc) is 2.38. The van der Waals surface area contributed by atoms with E-state index in [2.05, 4.69) is 15.9 Å². The molecule has 2 nitrogen and oxygen atoms in total. The number of benzene rings is 2. The van der Waals surface area contributed by atoms with Gasteiger partial charge < -0.3 is 9.84 Å². The number of hydrogen-bond acceptors (Lipinski definition) is 2. The number of hydrogen-bond donors (Lipinski definition) is 1. The normalized spacial score (nSPS) is 12.3. The summed E-state index contributed by atoms with van der Waals surface area (Å²) in [4.78, 5) is 0. The fourth-order valence-corrected chi connectivity index (χ4v) is 2.57. The van der Waals surface area contributed by atoms with Crippen LogP contribution in [0.5, 0.6) is 5.75 Å². The van der Waals surface area contributed by atoms with Gasteiger partial charge >= 0.3 is 0 Å². The van der Waals surface area contributed by atoms with Crippen molar-refractivity contribution in [2.45, 2.75) is 13.0 Å². The van der Waals surface area contributed by atoms with Crippen LogP contribution in [0.1, 0.15) is 22.8 Å². The Morgan fingerprint density at radius 3 is 2.58 bits per heavy atom. The summed E-state index contributed by atoms with van der Waals surface area (Å²) in [5, 5.41) is 10.3. The third-order valence-corrected chi connectivity index (χ3v) is 3.70. The zero-order valence-electron chi connectivity index (χ0n) is 10.7. The van der Waals surface area contributed by atoms with Crippen LogP contribution in [0.3, 0.4) is 0 Å². The quantitative estimate of drug-likeness (QED) is 0.925. The maximum absolute atomic E-state index is 13.8. The molecule has 0 fully saturated rings. The van der Waals surface area contributed by atoms with Crippen molar-refractivity contribution in [1.82, 2.24) is 0 Å². The molecule has 4 heteroatoms. The van der Waals surface area contributed by atoms with Crippen LogP contribution in [0.25, 0.3) is 0 Å². The molecular formula is C15H14BrFO2. The number of aliphatic hydroxyl groups excluding tert-OH is 1. The van der Waals surface area contributed by atoms with Crippen LogP contribution in [0.2, 0.25) is 0 Å². The predicted molar refractivity (Wildman–Crippen MR) is 75.9 cm³/mol. The fraction of sp³-hybridized carbons (Fsp3) is 0.200. The Morgan fingerprint density at radius 2 is 2.00 bits per heavy atom. The van der Waals surface area contributed by atoms with Crippen LogP contribution in [-0.4, -0.2) is 12.2 Å². The van der Waals surface area contributed by atoms with Gasteiger partial charge in [-0.15, -0.1) is 0 Å². The van der Waals surface area contributed by atoms with Gasteiger partial charge in [0.05, 0.1) is 7.11 Å². The molecule has 0 saturated carbocycles. The second kappa shape index (κ2) is 5.72. The lowest BCUT2D eigenvalue weighted by atomic mass is 9.99.